The summed E-state index contributed by atoms with van der Waals surface area (Å²) in [5, 5.41) is 3.00. The van der Waals surface area contributed by atoms with Crippen LogP contribution in [0.15, 0.2) is 17.1 Å². The molecule has 2 rings (SSSR count). The molecule has 1 aliphatic rings. The highest BCUT2D eigenvalue weighted by atomic mass is 15.0. The van der Waals surface area contributed by atoms with Crippen molar-refractivity contribution < 1.29 is 0 Å². The molecule has 0 spiro atoms. The van der Waals surface area contributed by atoms with Gasteiger partial charge in [-0.25, -0.2) is 4.98 Å². The van der Waals surface area contributed by atoms with Gasteiger partial charge in [-0.1, -0.05) is 6.07 Å². The van der Waals surface area contributed by atoms with Crippen LogP contribution in [0.3, 0.4) is 0 Å². The van der Waals surface area contributed by atoms with Crippen molar-refractivity contribution in [2.45, 2.75) is 13.5 Å². The van der Waals surface area contributed by atoms with E-state index in [2.05, 4.69) is 21.4 Å². The third-order valence-corrected chi connectivity index (χ3v) is 1.67. The average molecular weight is 147 g/mol. The van der Waals surface area contributed by atoms with E-state index in [0.717, 1.165) is 23.6 Å². The first-order chi connectivity index (χ1) is 5.36. The minimum atomic E-state index is 0.746. The molecule has 1 aromatic heterocycles. The molecule has 1 aromatic rings. The van der Waals surface area contributed by atoms with Gasteiger partial charge in [-0.3, -0.25) is 4.99 Å². The topological polar surface area (TPSA) is 37.3 Å². The van der Waals surface area contributed by atoms with Crippen LogP contribution in [-0.2, 0) is 6.54 Å². The minimum absolute atomic E-state index is 0.746. The first-order valence-electron chi connectivity index (χ1n) is 3.57. The number of anilines is 1. The van der Waals surface area contributed by atoms with E-state index in [4.69, 9.17) is 0 Å². The van der Waals surface area contributed by atoms with Crippen LogP contribution in [0.25, 0.3) is 0 Å². The predicted octanol–water partition coefficient (Wildman–Crippen LogP) is 1.34. The summed E-state index contributed by atoms with van der Waals surface area (Å²) in [6, 6.07) is 4.06. The summed E-state index contributed by atoms with van der Waals surface area (Å²) >= 11 is 0. The van der Waals surface area contributed by atoms with E-state index in [0.29, 0.717) is 0 Å². The van der Waals surface area contributed by atoms with Gasteiger partial charge in [-0.2, -0.15) is 0 Å². The summed E-state index contributed by atoms with van der Waals surface area (Å²) in [5.74, 6) is 0.944. The monoisotopic (exact) mass is 147 g/mol. The van der Waals surface area contributed by atoms with Gasteiger partial charge in [0.2, 0.25) is 0 Å². The maximum atomic E-state index is 4.31. The Bertz CT molecular complexity index is 304. The summed E-state index contributed by atoms with van der Waals surface area (Å²) in [7, 11) is 0. The van der Waals surface area contributed by atoms with Crippen LogP contribution in [0, 0.1) is 6.92 Å². The Morgan fingerprint density at radius 1 is 1.45 bits per heavy atom. The van der Waals surface area contributed by atoms with Gasteiger partial charge in [0.25, 0.3) is 0 Å². The lowest BCUT2D eigenvalue weighted by atomic mass is 10.2. The van der Waals surface area contributed by atoms with Crippen molar-refractivity contribution >= 4 is 12.2 Å². The lowest BCUT2D eigenvalue weighted by Crippen LogP contribution is -2.07. The number of nitrogens with zero attached hydrogens (tertiary/aromatic N) is 2. The van der Waals surface area contributed by atoms with Crippen molar-refractivity contribution in [1.82, 2.24) is 4.98 Å². The molecule has 0 amide bonds. The number of pyridine rings is 1. The van der Waals surface area contributed by atoms with E-state index in [1.54, 1.807) is 6.34 Å². The molecule has 0 aliphatic carbocycles. The van der Waals surface area contributed by atoms with Crippen molar-refractivity contribution in [2.75, 3.05) is 5.32 Å². The van der Waals surface area contributed by atoms with Crippen LogP contribution in [0.5, 0.6) is 0 Å². The molecule has 2 heterocycles. The first-order valence-corrected chi connectivity index (χ1v) is 3.57. The van der Waals surface area contributed by atoms with Crippen LogP contribution in [0.1, 0.15) is 11.3 Å². The second-order valence-electron chi connectivity index (χ2n) is 2.57. The molecular formula is C8H9N3. The third kappa shape index (κ3) is 1.09. The van der Waals surface area contributed by atoms with Gasteiger partial charge in [-0.05, 0) is 13.0 Å². The number of aryl methyl sites for hydroxylation is 1. The molecule has 0 unspecified atom stereocenters. The fourth-order valence-corrected chi connectivity index (χ4v) is 1.09. The third-order valence-electron chi connectivity index (χ3n) is 1.67. The van der Waals surface area contributed by atoms with Crippen molar-refractivity contribution in [2.24, 2.45) is 4.99 Å². The number of aliphatic imine (C=N–C) groups is 1. The highest BCUT2D eigenvalue weighted by Gasteiger charge is 2.04. The Kier molecular flexibility index (Phi) is 1.35. The van der Waals surface area contributed by atoms with Gasteiger partial charge < -0.3 is 5.32 Å². The largest absolute Gasteiger partial charge is 0.331 e. The summed E-state index contributed by atoms with van der Waals surface area (Å²) in [6.07, 6.45) is 1.69. The van der Waals surface area contributed by atoms with E-state index in [9.17, 15) is 0 Å². The fourth-order valence-electron chi connectivity index (χ4n) is 1.09. The van der Waals surface area contributed by atoms with E-state index < -0.39 is 0 Å². The zero-order valence-corrected chi connectivity index (χ0v) is 6.33. The van der Waals surface area contributed by atoms with Crippen molar-refractivity contribution in [3.8, 4) is 0 Å². The summed E-state index contributed by atoms with van der Waals surface area (Å²) < 4.78 is 0. The molecule has 0 aromatic carbocycles. The van der Waals surface area contributed by atoms with Crippen molar-refractivity contribution in [1.29, 1.82) is 0 Å². The molecule has 0 saturated carbocycles. The molecule has 0 saturated heterocycles. The molecule has 3 heteroatoms. The molecule has 0 fully saturated rings. The number of hydrogen-bond acceptors (Lipinski definition) is 3. The van der Waals surface area contributed by atoms with E-state index in [1.807, 2.05) is 13.0 Å². The highest BCUT2D eigenvalue weighted by molar-refractivity contribution is 5.77. The molecule has 11 heavy (non-hydrogen) atoms. The molecule has 0 bridgehead atoms. The molecule has 56 valence electrons. The lowest BCUT2D eigenvalue weighted by molar-refractivity contribution is 1.02. The Balaban J connectivity index is 2.48. The highest BCUT2D eigenvalue weighted by Crippen LogP contribution is 2.15. The second-order valence-corrected chi connectivity index (χ2v) is 2.57. The maximum Gasteiger partial charge on any atom is 0.136 e. The van der Waals surface area contributed by atoms with Crippen LogP contribution >= 0.6 is 0 Å². The van der Waals surface area contributed by atoms with Gasteiger partial charge in [-0.15, -0.1) is 0 Å². The SMILES string of the molecule is Cc1ccc2c(n1)NC=NC2. The molecule has 1 aliphatic heterocycles. The summed E-state index contributed by atoms with van der Waals surface area (Å²) in [4.78, 5) is 8.38. The van der Waals surface area contributed by atoms with Crippen LogP contribution in [-0.4, -0.2) is 11.3 Å². The second kappa shape index (κ2) is 2.34. The first kappa shape index (κ1) is 6.34. The normalized spacial score (nSPS) is 13.9. The number of hydrogen-bond donors (Lipinski definition) is 1. The Labute approximate surface area is 65.2 Å². The van der Waals surface area contributed by atoms with Gasteiger partial charge in [0.05, 0.1) is 12.9 Å². The van der Waals surface area contributed by atoms with Crippen LogP contribution < -0.4 is 5.32 Å². The van der Waals surface area contributed by atoms with Gasteiger partial charge in [0.1, 0.15) is 5.82 Å². The zero-order chi connectivity index (χ0) is 7.68. The van der Waals surface area contributed by atoms with Crippen molar-refractivity contribution in [3.63, 3.8) is 0 Å². The number of fused-ring (bicyclic) bond motifs is 1. The molecule has 3 nitrogen and oxygen atoms in total. The molecule has 1 N–H and O–H groups in total. The van der Waals surface area contributed by atoms with E-state index >= 15 is 0 Å². The number of rotatable bonds is 0. The van der Waals surface area contributed by atoms with Gasteiger partial charge >= 0.3 is 0 Å². The summed E-state index contributed by atoms with van der Waals surface area (Å²) in [5.41, 5.74) is 2.20. The Hall–Kier alpha value is -1.38. The molecular weight excluding hydrogens is 138 g/mol. The van der Waals surface area contributed by atoms with Crippen LogP contribution in [0.4, 0.5) is 5.82 Å². The Morgan fingerprint density at radius 3 is 3.27 bits per heavy atom. The van der Waals surface area contributed by atoms with E-state index in [1.165, 1.54) is 0 Å². The predicted molar refractivity (Wildman–Crippen MR) is 44.8 cm³/mol. The smallest absolute Gasteiger partial charge is 0.136 e. The molecule has 0 atom stereocenters. The number of aromatic nitrogens is 1. The standard InChI is InChI=1S/C8H9N3/c1-6-2-3-7-4-9-5-10-8(7)11-6/h2-3,5H,4H2,1H3,(H,9,10,11). The van der Waals surface area contributed by atoms with Crippen molar-refractivity contribution in [3.05, 3.63) is 23.4 Å². The van der Waals surface area contributed by atoms with Gasteiger partial charge in [0.15, 0.2) is 0 Å². The quantitative estimate of drug-likeness (QED) is 0.601. The van der Waals surface area contributed by atoms with E-state index in [-0.39, 0.29) is 0 Å². The average Bonchev–Trinajstić information content (AvgIpc) is 2.04. The van der Waals surface area contributed by atoms with Gasteiger partial charge in [0, 0.05) is 11.3 Å². The fraction of sp³-hybridized carbons (Fsp3) is 0.250. The maximum absolute atomic E-state index is 4.31. The molecule has 0 radical (unpaired) electrons. The zero-order valence-electron chi connectivity index (χ0n) is 6.33. The van der Waals surface area contributed by atoms with Crippen LogP contribution in [0.2, 0.25) is 0 Å². The summed E-state index contributed by atoms with van der Waals surface area (Å²) in [6.45, 7) is 2.73. The Morgan fingerprint density at radius 2 is 2.36 bits per heavy atom. The lowest BCUT2D eigenvalue weighted by Gasteiger charge is -2.10. The minimum Gasteiger partial charge on any atom is -0.331 e. The number of nitrogens with one attached hydrogen (secondary N) is 1.